The average molecular weight is 146 g/mol. The Morgan fingerprint density at radius 2 is 1.91 bits per heavy atom. The number of allylic oxidation sites excluding steroid dienone is 1. The van der Waals surface area contributed by atoms with Gasteiger partial charge >= 0.3 is 0 Å². The van der Waals surface area contributed by atoms with E-state index in [1.54, 1.807) is 0 Å². The maximum absolute atomic E-state index is 3.93. The number of benzene rings is 1. The van der Waals surface area contributed by atoms with Crippen LogP contribution in [0.2, 0.25) is 0 Å². The monoisotopic (exact) mass is 146 g/mol. The minimum atomic E-state index is 1.14. The van der Waals surface area contributed by atoms with Gasteiger partial charge in [-0.1, -0.05) is 35.9 Å². The zero-order chi connectivity index (χ0) is 8.43. The Labute approximate surface area is 68.6 Å². The molecule has 0 N–H and O–H groups in total. The third kappa shape index (κ3) is 1.70. The fourth-order valence-electron chi connectivity index (χ4n) is 1.20. The average Bonchev–Trinajstić information content (AvgIpc) is 1.94. The minimum Gasteiger partial charge on any atom is -0.0955 e. The fraction of sp³-hybridized carbons (Fsp3) is 0.273. The SMILES string of the molecule is C=C(C)c1cc(C)ccc1C. The van der Waals surface area contributed by atoms with E-state index in [0.29, 0.717) is 0 Å². The molecule has 0 fully saturated rings. The summed E-state index contributed by atoms with van der Waals surface area (Å²) in [6, 6.07) is 6.44. The summed E-state index contributed by atoms with van der Waals surface area (Å²) in [6.07, 6.45) is 0. The van der Waals surface area contributed by atoms with Crippen LogP contribution in [0.1, 0.15) is 23.6 Å². The van der Waals surface area contributed by atoms with E-state index in [2.05, 4.69) is 38.6 Å². The van der Waals surface area contributed by atoms with E-state index in [0.717, 1.165) is 5.57 Å². The molecule has 0 saturated heterocycles. The van der Waals surface area contributed by atoms with E-state index in [-0.39, 0.29) is 0 Å². The van der Waals surface area contributed by atoms with Gasteiger partial charge in [-0.15, -0.1) is 0 Å². The lowest BCUT2D eigenvalue weighted by Crippen LogP contribution is -1.85. The smallest absolute Gasteiger partial charge is 0.0201 e. The van der Waals surface area contributed by atoms with E-state index in [9.17, 15) is 0 Å². The Bertz CT molecular complexity index is 282. The van der Waals surface area contributed by atoms with Crippen molar-refractivity contribution in [2.45, 2.75) is 20.8 Å². The molecule has 1 aromatic carbocycles. The Morgan fingerprint density at radius 1 is 1.27 bits per heavy atom. The molecule has 1 rings (SSSR count). The molecule has 0 aliphatic heterocycles. The van der Waals surface area contributed by atoms with Gasteiger partial charge in [0, 0.05) is 0 Å². The van der Waals surface area contributed by atoms with Crippen molar-refractivity contribution in [3.8, 4) is 0 Å². The van der Waals surface area contributed by atoms with Crippen LogP contribution < -0.4 is 0 Å². The van der Waals surface area contributed by atoms with E-state index in [1.165, 1.54) is 16.7 Å². The van der Waals surface area contributed by atoms with Crippen molar-refractivity contribution in [2.24, 2.45) is 0 Å². The molecule has 11 heavy (non-hydrogen) atoms. The van der Waals surface area contributed by atoms with Crippen LogP contribution in [0.4, 0.5) is 0 Å². The van der Waals surface area contributed by atoms with Gasteiger partial charge in [-0.3, -0.25) is 0 Å². The molecule has 0 atom stereocenters. The number of hydrogen-bond donors (Lipinski definition) is 0. The third-order valence-corrected chi connectivity index (χ3v) is 1.85. The van der Waals surface area contributed by atoms with Crippen LogP contribution in [0, 0.1) is 13.8 Å². The van der Waals surface area contributed by atoms with Crippen molar-refractivity contribution in [3.63, 3.8) is 0 Å². The molecular weight excluding hydrogens is 132 g/mol. The van der Waals surface area contributed by atoms with Gasteiger partial charge in [-0.25, -0.2) is 0 Å². The summed E-state index contributed by atoms with van der Waals surface area (Å²) in [5, 5.41) is 0. The summed E-state index contributed by atoms with van der Waals surface area (Å²) in [5.41, 5.74) is 5.04. The quantitative estimate of drug-likeness (QED) is 0.570. The summed E-state index contributed by atoms with van der Waals surface area (Å²) >= 11 is 0. The fourth-order valence-corrected chi connectivity index (χ4v) is 1.20. The molecule has 0 spiro atoms. The minimum absolute atomic E-state index is 1.14. The van der Waals surface area contributed by atoms with Gasteiger partial charge in [0.2, 0.25) is 0 Å². The van der Waals surface area contributed by atoms with Crippen LogP contribution in [0.5, 0.6) is 0 Å². The van der Waals surface area contributed by atoms with Gasteiger partial charge in [0.05, 0.1) is 0 Å². The summed E-state index contributed by atoms with van der Waals surface area (Å²) in [5.74, 6) is 0. The van der Waals surface area contributed by atoms with Crippen LogP contribution in [0.3, 0.4) is 0 Å². The van der Waals surface area contributed by atoms with Crippen molar-refractivity contribution in [1.82, 2.24) is 0 Å². The molecule has 0 aromatic heterocycles. The first-order valence-electron chi connectivity index (χ1n) is 3.84. The molecule has 0 saturated carbocycles. The topological polar surface area (TPSA) is 0 Å². The summed E-state index contributed by atoms with van der Waals surface area (Å²) in [6.45, 7) is 10.2. The lowest BCUT2D eigenvalue weighted by atomic mass is 10.0. The van der Waals surface area contributed by atoms with E-state index in [1.807, 2.05) is 6.92 Å². The molecule has 0 aliphatic rings. The number of hydrogen-bond acceptors (Lipinski definition) is 0. The molecule has 0 radical (unpaired) electrons. The number of rotatable bonds is 1. The first-order chi connectivity index (χ1) is 5.11. The van der Waals surface area contributed by atoms with Crippen LogP contribution in [0.25, 0.3) is 5.57 Å². The maximum Gasteiger partial charge on any atom is -0.0201 e. The molecule has 0 heteroatoms. The predicted octanol–water partition coefficient (Wildman–Crippen LogP) is 3.34. The molecule has 1 aromatic rings. The molecular formula is C11H14. The van der Waals surface area contributed by atoms with Crippen molar-refractivity contribution in [1.29, 1.82) is 0 Å². The van der Waals surface area contributed by atoms with Crippen LogP contribution >= 0.6 is 0 Å². The first-order valence-corrected chi connectivity index (χ1v) is 3.84. The van der Waals surface area contributed by atoms with Gasteiger partial charge in [0.1, 0.15) is 0 Å². The second-order valence-electron chi connectivity index (χ2n) is 3.10. The Balaban J connectivity index is 3.23. The molecule has 0 nitrogen and oxygen atoms in total. The lowest BCUT2D eigenvalue weighted by molar-refractivity contribution is 1.36. The van der Waals surface area contributed by atoms with Crippen molar-refractivity contribution in [3.05, 3.63) is 41.5 Å². The molecule has 58 valence electrons. The van der Waals surface area contributed by atoms with Crippen LogP contribution in [-0.4, -0.2) is 0 Å². The number of aryl methyl sites for hydroxylation is 2. The normalized spacial score (nSPS) is 9.73. The van der Waals surface area contributed by atoms with Crippen LogP contribution in [0.15, 0.2) is 24.8 Å². The van der Waals surface area contributed by atoms with Gasteiger partial charge in [-0.2, -0.15) is 0 Å². The summed E-state index contributed by atoms with van der Waals surface area (Å²) in [7, 11) is 0. The Morgan fingerprint density at radius 3 is 2.36 bits per heavy atom. The Hall–Kier alpha value is -1.04. The largest absolute Gasteiger partial charge is 0.0955 e. The highest BCUT2D eigenvalue weighted by Crippen LogP contribution is 2.17. The lowest BCUT2D eigenvalue weighted by Gasteiger charge is -2.05. The Kier molecular flexibility index (Phi) is 2.13. The summed E-state index contributed by atoms with van der Waals surface area (Å²) in [4.78, 5) is 0. The van der Waals surface area contributed by atoms with Gasteiger partial charge in [-0.05, 0) is 31.9 Å². The van der Waals surface area contributed by atoms with E-state index >= 15 is 0 Å². The predicted molar refractivity (Wildman–Crippen MR) is 50.6 cm³/mol. The highest BCUT2D eigenvalue weighted by molar-refractivity contribution is 5.64. The molecule has 0 bridgehead atoms. The highest BCUT2D eigenvalue weighted by Gasteiger charge is 1.97. The third-order valence-electron chi connectivity index (χ3n) is 1.85. The molecule has 0 unspecified atom stereocenters. The van der Waals surface area contributed by atoms with Gasteiger partial charge < -0.3 is 0 Å². The molecule has 0 aliphatic carbocycles. The van der Waals surface area contributed by atoms with Crippen molar-refractivity contribution >= 4 is 5.57 Å². The van der Waals surface area contributed by atoms with E-state index in [4.69, 9.17) is 0 Å². The zero-order valence-electron chi connectivity index (χ0n) is 7.44. The molecule has 0 amide bonds. The zero-order valence-corrected chi connectivity index (χ0v) is 7.44. The van der Waals surface area contributed by atoms with Gasteiger partial charge in [0.25, 0.3) is 0 Å². The second kappa shape index (κ2) is 2.91. The van der Waals surface area contributed by atoms with Crippen molar-refractivity contribution in [2.75, 3.05) is 0 Å². The summed E-state index contributed by atoms with van der Waals surface area (Å²) < 4.78 is 0. The standard InChI is InChI=1S/C11H14/c1-8(2)11-7-9(3)5-6-10(11)4/h5-7H,1H2,2-4H3. The van der Waals surface area contributed by atoms with Gasteiger partial charge in [0.15, 0.2) is 0 Å². The van der Waals surface area contributed by atoms with E-state index < -0.39 is 0 Å². The van der Waals surface area contributed by atoms with Crippen LogP contribution in [-0.2, 0) is 0 Å². The molecule has 0 heterocycles. The highest BCUT2D eigenvalue weighted by atomic mass is 14.0. The van der Waals surface area contributed by atoms with Crippen molar-refractivity contribution < 1.29 is 0 Å². The maximum atomic E-state index is 3.93. The first kappa shape index (κ1) is 8.06. The second-order valence-corrected chi connectivity index (χ2v) is 3.10.